The molecule has 0 radical (unpaired) electrons. The first-order valence-electron chi connectivity index (χ1n) is 8.49. The van der Waals surface area contributed by atoms with E-state index in [4.69, 9.17) is 9.47 Å². The summed E-state index contributed by atoms with van der Waals surface area (Å²) in [5.41, 5.74) is 4.61. The van der Waals surface area contributed by atoms with Gasteiger partial charge in [-0.25, -0.2) is 0 Å². The van der Waals surface area contributed by atoms with Crippen LogP contribution in [-0.2, 0) is 13.2 Å². The number of anilines is 1. The Morgan fingerprint density at radius 3 is 2.23 bits per heavy atom. The van der Waals surface area contributed by atoms with E-state index in [0.29, 0.717) is 6.61 Å². The van der Waals surface area contributed by atoms with Crippen molar-refractivity contribution in [2.75, 3.05) is 12.4 Å². The van der Waals surface area contributed by atoms with Gasteiger partial charge in [-0.15, -0.1) is 0 Å². The van der Waals surface area contributed by atoms with Gasteiger partial charge < -0.3 is 14.8 Å². The number of benzene rings is 3. The van der Waals surface area contributed by atoms with E-state index in [2.05, 4.69) is 58.5 Å². The lowest BCUT2D eigenvalue weighted by atomic mass is 10.2. The Kier molecular flexibility index (Phi) is 6.18. The molecule has 4 heteroatoms. The van der Waals surface area contributed by atoms with E-state index >= 15 is 0 Å². The molecule has 0 fully saturated rings. The van der Waals surface area contributed by atoms with Crippen molar-refractivity contribution in [3.05, 3.63) is 87.9 Å². The van der Waals surface area contributed by atoms with Crippen molar-refractivity contribution in [1.82, 2.24) is 0 Å². The Balaban J connectivity index is 1.63. The van der Waals surface area contributed by atoms with Crippen LogP contribution < -0.4 is 14.8 Å². The van der Waals surface area contributed by atoms with E-state index in [-0.39, 0.29) is 0 Å². The molecule has 3 aromatic carbocycles. The minimum atomic E-state index is 0.505. The van der Waals surface area contributed by atoms with Gasteiger partial charge in [0.1, 0.15) is 6.61 Å². The fourth-order valence-corrected chi connectivity index (χ4v) is 2.82. The quantitative estimate of drug-likeness (QED) is 0.520. The molecular formula is C22H22BrNO2. The highest BCUT2D eigenvalue weighted by molar-refractivity contribution is 9.10. The summed E-state index contributed by atoms with van der Waals surface area (Å²) in [6.07, 6.45) is 0. The topological polar surface area (TPSA) is 30.5 Å². The molecule has 134 valence electrons. The Labute approximate surface area is 163 Å². The molecule has 0 aliphatic heterocycles. The molecule has 3 rings (SSSR count). The van der Waals surface area contributed by atoms with Crippen LogP contribution in [0.5, 0.6) is 11.5 Å². The second-order valence-corrected chi connectivity index (χ2v) is 7.04. The number of halogens is 1. The fourth-order valence-electron chi connectivity index (χ4n) is 2.56. The van der Waals surface area contributed by atoms with Crippen molar-refractivity contribution in [3.8, 4) is 11.5 Å². The van der Waals surface area contributed by atoms with E-state index in [9.17, 15) is 0 Å². The van der Waals surface area contributed by atoms with Gasteiger partial charge in [0.15, 0.2) is 11.5 Å². The number of hydrogen-bond donors (Lipinski definition) is 1. The standard InChI is InChI=1S/C22H22BrNO2/c1-16-3-10-20(11-4-16)24-14-18-7-12-21(22(13-18)25-2)26-15-17-5-8-19(23)9-6-17/h3-13,24H,14-15H2,1-2H3. The zero-order valence-electron chi connectivity index (χ0n) is 15.0. The van der Waals surface area contributed by atoms with Crippen LogP contribution >= 0.6 is 15.9 Å². The number of ether oxygens (including phenoxy) is 2. The summed E-state index contributed by atoms with van der Waals surface area (Å²) in [5.74, 6) is 1.49. The third-order valence-corrected chi connectivity index (χ3v) is 4.61. The predicted molar refractivity (Wildman–Crippen MR) is 110 cm³/mol. The molecule has 0 amide bonds. The molecule has 26 heavy (non-hydrogen) atoms. The Morgan fingerprint density at radius 1 is 0.846 bits per heavy atom. The molecule has 0 aliphatic rings. The van der Waals surface area contributed by atoms with Crippen LogP contribution in [0, 0.1) is 6.92 Å². The van der Waals surface area contributed by atoms with Gasteiger partial charge in [0.05, 0.1) is 7.11 Å². The molecule has 0 saturated carbocycles. The minimum absolute atomic E-state index is 0.505. The number of rotatable bonds is 7. The first-order valence-corrected chi connectivity index (χ1v) is 9.28. The number of aryl methyl sites for hydroxylation is 1. The van der Waals surface area contributed by atoms with E-state index in [1.54, 1.807) is 7.11 Å². The van der Waals surface area contributed by atoms with Crippen molar-refractivity contribution >= 4 is 21.6 Å². The van der Waals surface area contributed by atoms with E-state index in [0.717, 1.165) is 39.3 Å². The Hall–Kier alpha value is -2.46. The molecule has 3 nitrogen and oxygen atoms in total. The minimum Gasteiger partial charge on any atom is -0.493 e. The fraction of sp³-hybridized carbons (Fsp3) is 0.182. The third-order valence-electron chi connectivity index (χ3n) is 4.08. The van der Waals surface area contributed by atoms with E-state index in [1.165, 1.54) is 5.56 Å². The normalized spacial score (nSPS) is 10.4. The summed E-state index contributed by atoms with van der Waals surface area (Å²) in [6, 6.07) is 22.5. The average Bonchev–Trinajstić information content (AvgIpc) is 2.67. The molecule has 0 bridgehead atoms. The summed E-state index contributed by atoms with van der Waals surface area (Å²) in [5, 5.41) is 3.42. The molecule has 0 heterocycles. The summed E-state index contributed by atoms with van der Waals surface area (Å²) >= 11 is 3.44. The molecule has 0 atom stereocenters. The summed E-state index contributed by atoms with van der Waals surface area (Å²) in [6.45, 7) is 3.32. The van der Waals surface area contributed by atoms with E-state index in [1.807, 2.05) is 36.4 Å². The van der Waals surface area contributed by atoms with Crippen molar-refractivity contribution in [2.24, 2.45) is 0 Å². The van der Waals surface area contributed by atoms with Crippen molar-refractivity contribution in [1.29, 1.82) is 0 Å². The van der Waals surface area contributed by atoms with Crippen LogP contribution in [0.2, 0.25) is 0 Å². The zero-order chi connectivity index (χ0) is 18.4. The van der Waals surface area contributed by atoms with Gasteiger partial charge in [-0.1, -0.05) is 51.8 Å². The zero-order valence-corrected chi connectivity index (χ0v) is 16.5. The van der Waals surface area contributed by atoms with Crippen molar-refractivity contribution in [2.45, 2.75) is 20.1 Å². The predicted octanol–water partition coefficient (Wildman–Crippen LogP) is 5.96. The molecule has 0 aromatic heterocycles. The van der Waals surface area contributed by atoms with Crippen LogP contribution in [-0.4, -0.2) is 7.11 Å². The summed E-state index contributed by atoms with van der Waals surface area (Å²) < 4.78 is 12.5. The van der Waals surface area contributed by atoms with Crippen LogP contribution in [0.1, 0.15) is 16.7 Å². The van der Waals surface area contributed by atoms with Gasteiger partial charge in [0.25, 0.3) is 0 Å². The lowest BCUT2D eigenvalue weighted by molar-refractivity contribution is 0.284. The molecule has 1 N–H and O–H groups in total. The summed E-state index contributed by atoms with van der Waals surface area (Å²) in [7, 11) is 1.67. The molecule has 0 saturated heterocycles. The van der Waals surface area contributed by atoms with Gasteiger partial charge in [0, 0.05) is 16.7 Å². The maximum absolute atomic E-state index is 5.92. The molecule has 0 unspecified atom stereocenters. The Bertz CT molecular complexity index is 845. The smallest absolute Gasteiger partial charge is 0.161 e. The lowest BCUT2D eigenvalue weighted by Gasteiger charge is -2.13. The summed E-state index contributed by atoms with van der Waals surface area (Å²) in [4.78, 5) is 0. The molecule has 3 aromatic rings. The first kappa shape index (κ1) is 18.3. The second kappa shape index (κ2) is 8.77. The van der Waals surface area contributed by atoms with Crippen molar-refractivity contribution in [3.63, 3.8) is 0 Å². The van der Waals surface area contributed by atoms with Gasteiger partial charge in [0.2, 0.25) is 0 Å². The largest absolute Gasteiger partial charge is 0.493 e. The van der Waals surface area contributed by atoms with Crippen LogP contribution in [0.25, 0.3) is 0 Å². The van der Waals surface area contributed by atoms with E-state index < -0.39 is 0 Å². The van der Waals surface area contributed by atoms with Crippen LogP contribution in [0.3, 0.4) is 0 Å². The maximum atomic E-state index is 5.92. The Morgan fingerprint density at radius 2 is 1.54 bits per heavy atom. The second-order valence-electron chi connectivity index (χ2n) is 6.12. The monoisotopic (exact) mass is 411 g/mol. The number of methoxy groups -OCH3 is 1. The lowest BCUT2D eigenvalue weighted by Crippen LogP contribution is -2.02. The van der Waals surface area contributed by atoms with Gasteiger partial charge in [-0.05, 0) is 54.4 Å². The van der Waals surface area contributed by atoms with Crippen molar-refractivity contribution < 1.29 is 9.47 Å². The first-order chi connectivity index (χ1) is 12.6. The molecule has 0 spiro atoms. The van der Waals surface area contributed by atoms with Gasteiger partial charge >= 0.3 is 0 Å². The van der Waals surface area contributed by atoms with Gasteiger partial charge in [-0.2, -0.15) is 0 Å². The highest BCUT2D eigenvalue weighted by Gasteiger charge is 2.07. The van der Waals surface area contributed by atoms with Gasteiger partial charge in [-0.3, -0.25) is 0 Å². The maximum Gasteiger partial charge on any atom is 0.161 e. The molecule has 0 aliphatic carbocycles. The molecular weight excluding hydrogens is 390 g/mol. The highest BCUT2D eigenvalue weighted by atomic mass is 79.9. The average molecular weight is 412 g/mol. The number of hydrogen-bond acceptors (Lipinski definition) is 3. The third kappa shape index (κ3) is 5.02. The highest BCUT2D eigenvalue weighted by Crippen LogP contribution is 2.29. The number of nitrogens with one attached hydrogen (secondary N) is 1. The van der Waals surface area contributed by atoms with Crippen LogP contribution in [0.4, 0.5) is 5.69 Å². The van der Waals surface area contributed by atoms with Crippen LogP contribution in [0.15, 0.2) is 71.2 Å². The SMILES string of the molecule is COc1cc(CNc2ccc(C)cc2)ccc1OCc1ccc(Br)cc1.